The van der Waals surface area contributed by atoms with Gasteiger partial charge >= 0.3 is 0 Å². The van der Waals surface area contributed by atoms with Crippen LogP contribution in [0.5, 0.6) is 5.75 Å². The van der Waals surface area contributed by atoms with Gasteiger partial charge in [-0.25, -0.2) is 4.98 Å². The maximum absolute atomic E-state index is 9.74. The number of rotatable bonds is 2. The average molecular weight is 332 g/mol. The van der Waals surface area contributed by atoms with Crippen molar-refractivity contribution >= 4 is 15.9 Å². The first kappa shape index (κ1) is 12.8. The summed E-state index contributed by atoms with van der Waals surface area (Å²) < 4.78 is 6.05. The van der Waals surface area contributed by atoms with Crippen LogP contribution >= 0.6 is 15.9 Å². The second-order valence-corrected chi connectivity index (χ2v) is 5.13. The average Bonchev–Trinajstić information content (AvgIpc) is 2.88. The van der Waals surface area contributed by atoms with E-state index in [4.69, 9.17) is 4.52 Å². The van der Waals surface area contributed by atoms with Crippen LogP contribution in [0.15, 0.2) is 45.5 Å². The lowest BCUT2D eigenvalue weighted by Gasteiger charge is -2.00. The van der Waals surface area contributed by atoms with Crippen molar-refractivity contribution in [3.05, 3.63) is 46.6 Å². The topological polar surface area (TPSA) is 72.0 Å². The van der Waals surface area contributed by atoms with Crippen LogP contribution in [0, 0.1) is 6.92 Å². The van der Waals surface area contributed by atoms with Crippen LogP contribution in [-0.4, -0.2) is 20.2 Å². The highest BCUT2D eigenvalue weighted by molar-refractivity contribution is 9.10. The van der Waals surface area contributed by atoms with Crippen molar-refractivity contribution in [1.82, 2.24) is 15.1 Å². The van der Waals surface area contributed by atoms with E-state index in [9.17, 15) is 5.11 Å². The minimum absolute atomic E-state index is 0.00525. The molecule has 0 unspecified atom stereocenters. The summed E-state index contributed by atoms with van der Waals surface area (Å²) in [5.74, 6) is 0.633. The van der Waals surface area contributed by atoms with Crippen LogP contribution in [0.1, 0.15) is 5.56 Å². The monoisotopic (exact) mass is 331 g/mol. The van der Waals surface area contributed by atoms with Crippen molar-refractivity contribution in [1.29, 1.82) is 0 Å². The van der Waals surface area contributed by atoms with E-state index in [-0.39, 0.29) is 17.3 Å². The zero-order valence-corrected chi connectivity index (χ0v) is 12.1. The van der Waals surface area contributed by atoms with Crippen LogP contribution in [0.25, 0.3) is 23.0 Å². The normalized spacial score (nSPS) is 10.7. The predicted octanol–water partition coefficient (Wildman–Crippen LogP) is 3.58. The van der Waals surface area contributed by atoms with E-state index in [2.05, 4.69) is 31.1 Å². The van der Waals surface area contributed by atoms with Gasteiger partial charge in [0.05, 0.1) is 0 Å². The van der Waals surface area contributed by atoms with Gasteiger partial charge in [-0.05, 0) is 36.8 Å². The summed E-state index contributed by atoms with van der Waals surface area (Å²) in [6, 6.07) is 9.00. The molecule has 100 valence electrons. The molecule has 3 rings (SSSR count). The van der Waals surface area contributed by atoms with Gasteiger partial charge in [0.2, 0.25) is 5.82 Å². The van der Waals surface area contributed by atoms with Crippen molar-refractivity contribution in [2.24, 2.45) is 0 Å². The number of aromatic hydroxyl groups is 1. The molecule has 5 nitrogen and oxygen atoms in total. The number of hydrogen-bond acceptors (Lipinski definition) is 5. The fourth-order valence-electron chi connectivity index (χ4n) is 1.79. The third kappa shape index (κ3) is 2.30. The molecule has 0 fully saturated rings. The highest BCUT2D eigenvalue weighted by Gasteiger charge is 2.16. The third-order valence-corrected chi connectivity index (χ3v) is 3.44. The number of halogens is 1. The molecule has 1 N–H and O–H groups in total. The maximum atomic E-state index is 9.74. The van der Waals surface area contributed by atoms with E-state index >= 15 is 0 Å². The molecule has 0 atom stereocenters. The molecule has 0 aliphatic carbocycles. The molecule has 1 aromatic carbocycles. The molecule has 0 spiro atoms. The van der Waals surface area contributed by atoms with E-state index in [1.165, 1.54) is 6.07 Å². The van der Waals surface area contributed by atoms with Crippen molar-refractivity contribution in [2.45, 2.75) is 6.92 Å². The zero-order valence-electron chi connectivity index (χ0n) is 10.5. The number of aromatic nitrogens is 3. The lowest BCUT2D eigenvalue weighted by Crippen LogP contribution is -1.86. The first-order chi connectivity index (χ1) is 9.65. The maximum Gasteiger partial charge on any atom is 0.280 e. The van der Waals surface area contributed by atoms with Crippen LogP contribution < -0.4 is 0 Å². The van der Waals surface area contributed by atoms with Gasteiger partial charge in [0, 0.05) is 16.2 Å². The summed E-state index contributed by atoms with van der Waals surface area (Å²) in [7, 11) is 0. The molecule has 2 heterocycles. The van der Waals surface area contributed by atoms with Gasteiger partial charge in [0.25, 0.3) is 5.89 Å². The van der Waals surface area contributed by atoms with E-state index in [1.807, 2.05) is 25.1 Å². The summed E-state index contributed by atoms with van der Waals surface area (Å²) >= 11 is 3.48. The Balaban J connectivity index is 2.04. The van der Waals surface area contributed by atoms with E-state index in [0.717, 1.165) is 15.6 Å². The Labute approximate surface area is 123 Å². The Morgan fingerprint density at radius 3 is 2.85 bits per heavy atom. The molecule has 20 heavy (non-hydrogen) atoms. The van der Waals surface area contributed by atoms with Crippen LogP contribution in [0.3, 0.4) is 0 Å². The second kappa shape index (κ2) is 5.05. The molecule has 6 heteroatoms. The minimum Gasteiger partial charge on any atom is -0.505 e. The van der Waals surface area contributed by atoms with Crippen molar-refractivity contribution in [3.63, 3.8) is 0 Å². The van der Waals surface area contributed by atoms with E-state index < -0.39 is 0 Å². The molecule has 0 bridgehead atoms. The van der Waals surface area contributed by atoms with Gasteiger partial charge in [-0.15, -0.1) is 0 Å². The number of nitrogens with zero attached hydrogens (tertiary/aromatic N) is 3. The molecule has 0 radical (unpaired) electrons. The standard InChI is InChI=1S/C14H10BrN3O2/c1-8-4-5-9(10(15)7-8)13-17-14(20-18-13)12-11(19)3-2-6-16-12/h2-7,19H,1H3. The first-order valence-corrected chi connectivity index (χ1v) is 6.69. The smallest absolute Gasteiger partial charge is 0.280 e. The fourth-order valence-corrected chi connectivity index (χ4v) is 2.46. The largest absolute Gasteiger partial charge is 0.505 e. The number of pyridine rings is 1. The van der Waals surface area contributed by atoms with Gasteiger partial charge in [-0.3, -0.25) is 0 Å². The molecule has 0 aliphatic heterocycles. The summed E-state index contributed by atoms with van der Waals surface area (Å²) in [6.45, 7) is 2.00. The van der Waals surface area contributed by atoms with E-state index in [1.54, 1.807) is 12.3 Å². The number of aryl methyl sites for hydroxylation is 1. The summed E-state index contributed by atoms with van der Waals surface area (Å²) in [6.07, 6.45) is 1.56. The first-order valence-electron chi connectivity index (χ1n) is 5.90. The molecule has 0 aliphatic rings. The van der Waals surface area contributed by atoms with Gasteiger partial charge in [0.15, 0.2) is 5.69 Å². The SMILES string of the molecule is Cc1ccc(-c2noc(-c3ncccc3O)n2)c(Br)c1. The number of benzene rings is 1. The molecule has 0 saturated heterocycles. The van der Waals surface area contributed by atoms with Crippen molar-refractivity contribution in [3.8, 4) is 28.7 Å². The summed E-state index contributed by atoms with van der Waals surface area (Å²) in [5, 5.41) is 13.7. The van der Waals surface area contributed by atoms with Crippen LogP contribution in [-0.2, 0) is 0 Å². The Bertz CT molecular complexity index is 771. The highest BCUT2D eigenvalue weighted by atomic mass is 79.9. The Morgan fingerprint density at radius 2 is 2.10 bits per heavy atom. The molecule has 0 saturated carbocycles. The van der Waals surface area contributed by atoms with Gasteiger partial charge in [0.1, 0.15) is 5.75 Å². The molecule has 3 aromatic rings. The number of hydrogen-bond donors (Lipinski definition) is 1. The van der Waals surface area contributed by atoms with Crippen molar-refractivity contribution in [2.75, 3.05) is 0 Å². The molecule has 2 aromatic heterocycles. The summed E-state index contributed by atoms with van der Waals surface area (Å²) in [5.41, 5.74) is 2.22. The Hall–Kier alpha value is -2.21. The van der Waals surface area contributed by atoms with Gasteiger partial charge < -0.3 is 9.63 Å². The molecule has 0 amide bonds. The van der Waals surface area contributed by atoms with Gasteiger partial charge in [-0.1, -0.05) is 27.2 Å². The van der Waals surface area contributed by atoms with Crippen molar-refractivity contribution < 1.29 is 9.63 Å². The van der Waals surface area contributed by atoms with Gasteiger partial charge in [-0.2, -0.15) is 4.98 Å². The van der Waals surface area contributed by atoms with Crippen LogP contribution in [0.2, 0.25) is 0 Å². The summed E-state index contributed by atoms with van der Waals surface area (Å²) in [4.78, 5) is 8.31. The minimum atomic E-state index is 0.00525. The lowest BCUT2D eigenvalue weighted by molar-refractivity contribution is 0.423. The second-order valence-electron chi connectivity index (χ2n) is 4.28. The Kier molecular flexibility index (Phi) is 3.23. The fraction of sp³-hybridized carbons (Fsp3) is 0.0714. The quantitative estimate of drug-likeness (QED) is 0.777. The molecular formula is C14H10BrN3O2. The van der Waals surface area contributed by atoms with Crippen LogP contribution in [0.4, 0.5) is 0 Å². The zero-order chi connectivity index (χ0) is 14.1. The molecular weight excluding hydrogens is 322 g/mol. The third-order valence-electron chi connectivity index (χ3n) is 2.78. The van der Waals surface area contributed by atoms with E-state index in [0.29, 0.717) is 5.82 Å². The highest BCUT2D eigenvalue weighted by Crippen LogP contribution is 2.30. The lowest BCUT2D eigenvalue weighted by atomic mass is 10.1. The predicted molar refractivity (Wildman–Crippen MR) is 77.1 cm³/mol. The Morgan fingerprint density at radius 1 is 1.25 bits per heavy atom.